The van der Waals surface area contributed by atoms with Crippen molar-refractivity contribution in [3.63, 3.8) is 0 Å². The molecular formula is C36H62O2. The lowest BCUT2D eigenvalue weighted by molar-refractivity contribution is -0.151. The molecule has 0 saturated heterocycles. The highest BCUT2D eigenvalue weighted by molar-refractivity contribution is 5.69. The van der Waals surface area contributed by atoms with Crippen molar-refractivity contribution in [1.82, 2.24) is 0 Å². The van der Waals surface area contributed by atoms with Crippen molar-refractivity contribution in [3.8, 4) is 0 Å². The quantitative estimate of drug-likeness (QED) is 0.135. The van der Waals surface area contributed by atoms with E-state index in [0.717, 1.165) is 54.8 Å². The van der Waals surface area contributed by atoms with Crippen LogP contribution < -0.4 is 0 Å². The Hall–Kier alpha value is -0.790. The molecule has 2 heteroatoms. The van der Waals surface area contributed by atoms with Gasteiger partial charge in [-0.2, -0.15) is 0 Å². The van der Waals surface area contributed by atoms with Crippen LogP contribution in [0.2, 0.25) is 0 Å². The molecule has 2 nitrogen and oxygen atoms in total. The Morgan fingerprint density at radius 2 is 1.68 bits per heavy atom. The van der Waals surface area contributed by atoms with Gasteiger partial charge in [0.2, 0.25) is 0 Å². The zero-order valence-corrected chi connectivity index (χ0v) is 26.2. The number of unbranched alkanes of at least 4 members (excludes halogenated alkanes) is 5. The van der Waals surface area contributed by atoms with Gasteiger partial charge in [-0.1, -0.05) is 105 Å². The maximum absolute atomic E-state index is 12.6. The van der Waals surface area contributed by atoms with Crippen molar-refractivity contribution in [1.29, 1.82) is 0 Å². The van der Waals surface area contributed by atoms with Crippen LogP contribution in [0.4, 0.5) is 0 Å². The van der Waals surface area contributed by atoms with E-state index in [4.69, 9.17) is 4.74 Å². The molecule has 3 saturated carbocycles. The first-order chi connectivity index (χ1) is 18.2. The van der Waals surface area contributed by atoms with Crippen LogP contribution in [-0.4, -0.2) is 12.1 Å². The third-order valence-electron chi connectivity index (χ3n) is 12.3. The SMILES string of the molecule is CCCCCCCCC(=O)O[C@H]1CCC2(C)C(=CC[C@@H]3[C@@H]2CC[C@]2(C)[C@@H]([C@H](C)CCCC(C)C)CC[C@@H]32)C1. The van der Waals surface area contributed by atoms with Gasteiger partial charge in [0.1, 0.15) is 6.10 Å². The van der Waals surface area contributed by atoms with Crippen LogP contribution in [0.3, 0.4) is 0 Å². The van der Waals surface area contributed by atoms with Crippen LogP contribution in [0.25, 0.3) is 0 Å². The fraction of sp³-hybridized carbons (Fsp3) is 0.917. The first kappa shape index (κ1) is 30.2. The van der Waals surface area contributed by atoms with Crippen LogP contribution in [0.5, 0.6) is 0 Å². The van der Waals surface area contributed by atoms with Crippen LogP contribution in [0.15, 0.2) is 11.6 Å². The van der Waals surface area contributed by atoms with Crippen molar-refractivity contribution in [3.05, 3.63) is 11.6 Å². The molecular weight excluding hydrogens is 464 g/mol. The van der Waals surface area contributed by atoms with Crippen LogP contribution in [-0.2, 0) is 9.53 Å². The molecule has 1 unspecified atom stereocenters. The highest BCUT2D eigenvalue weighted by Gasteiger charge is 2.59. The van der Waals surface area contributed by atoms with E-state index in [1.807, 2.05) is 0 Å². The van der Waals surface area contributed by atoms with Gasteiger partial charge < -0.3 is 4.74 Å². The molecule has 0 aliphatic heterocycles. The summed E-state index contributed by atoms with van der Waals surface area (Å²) >= 11 is 0. The number of esters is 1. The molecule has 0 spiro atoms. The van der Waals surface area contributed by atoms with Crippen molar-refractivity contribution in [2.75, 3.05) is 0 Å². The topological polar surface area (TPSA) is 26.3 Å². The number of hydrogen-bond acceptors (Lipinski definition) is 2. The van der Waals surface area contributed by atoms with E-state index in [2.05, 4.69) is 47.6 Å². The van der Waals surface area contributed by atoms with Gasteiger partial charge in [-0.05, 0) is 97.7 Å². The summed E-state index contributed by atoms with van der Waals surface area (Å²) in [6.45, 7) is 14.9. The lowest BCUT2D eigenvalue weighted by Gasteiger charge is -2.58. The summed E-state index contributed by atoms with van der Waals surface area (Å²) in [6, 6.07) is 0. The average Bonchev–Trinajstić information content (AvgIpc) is 3.23. The Morgan fingerprint density at radius 3 is 2.45 bits per heavy atom. The molecule has 4 rings (SSSR count). The number of fused-ring (bicyclic) bond motifs is 5. The second kappa shape index (κ2) is 13.2. The van der Waals surface area contributed by atoms with Gasteiger partial charge in [0, 0.05) is 12.8 Å². The lowest BCUT2D eigenvalue weighted by Crippen LogP contribution is -2.51. The summed E-state index contributed by atoms with van der Waals surface area (Å²) in [6.07, 6.45) is 25.3. The third-order valence-corrected chi connectivity index (χ3v) is 12.3. The fourth-order valence-electron chi connectivity index (χ4n) is 10.0. The minimum Gasteiger partial charge on any atom is -0.462 e. The Kier molecular flexibility index (Phi) is 10.5. The number of ether oxygens (including phenoxy) is 1. The Labute approximate surface area is 236 Å². The van der Waals surface area contributed by atoms with E-state index < -0.39 is 0 Å². The highest BCUT2D eigenvalue weighted by atomic mass is 16.5. The molecule has 4 aliphatic rings. The van der Waals surface area contributed by atoms with Gasteiger partial charge in [0.15, 0.2) is 0 Å². The minimum atomic E-state index is 0.0522. The maximum atomic E-state index is 12.6. The van der Waals surface area contributed by atoms with Crippen molar-refractivity contribution < 1.29 is 9.53 Å². The molecule has 0 aromatic carbocycles. The third kappa shape index (κ3) is 6.57. The monoisotopic (exact) mass is 526 g/mol. The molecule has 4 aliphatic carbocycles. The molecule has 218 valence electrons. The molecule has 0 radical (unpaired) electrons. The minimum absolute atomic E-state index is 0.0522. The van der Waals surface area contributed by atoms with Crippen molar-refractivity contribution in [2.45, 2.75) is 163 Å². The van der Waals surface area contributed by atoms with E-state index in [1.54, 1.807) is 5.57 Å². The largest absolute Gasteiger partial charge is 0.462 e. The smallest absolute Gasteiger partial charge is 0.306 e. The van der Waals surface area contributed by atoms with Gasteiger partial charge in [-0.25, -0.2) is 0 Å². The van der Waals surface area contributed by atoms with Gasteiger partial charge in [0.05, 0.1) is 0 Å². The van der Waals surface area contributed by atoms with Crippen molar-refractivity contribution in [2.24, 2.45) is 46.3 Å². The van der Waals surface area contributed by atoms with E-state index >= 15 is 0 Å². The van der Waals surface area contributed by atoms with Gasteiger partial charge in [-0.15, -0.1) is 0 Å². The Morgan fingerprint density at radius 1 is 0.921 bits per heavy atom. The molecule has 0 aromatic rings. The number of rotatable bonds is 13. The first-order valence-corrected chi connectivity index (χ1v) is 17.1. The lowest BCUT2D eigenvalue weighted by atomic mass is 9.47. The van der Waals surface area contributed by atoms with Gasteiger partial charge in [0.25, 0.3) is 0 Å². The number of carbonyl (C=O) groups excluding carboxylic acids is 1. The normalized spacial score (nSPS) is 37.2. The fourth-order valence-corrected chi connectivity index (χ4v) is 10.0. The van der Waals surface area contributed by atoms with Crippen LogP contribution in [0, 0.1) is 46.3 Å². The van der Waals surface area contributed by atoms with Crippen LogP contribution in [0.1, 0.15) is 157 Å². The molecule has 38 heavy (non-hydrogen) atoms. The highest BCUT2D eigenvalue weighted by Crippen LogP contribution is 2.67. The molecule has 0 amide bonds. The summed E-state index contributed by atoms with van der Waals surface area (Å²) in [5.41, 5.74) is 2.54. The Balaban J connectivity index is 1.31. The predicted molar refractivity (Wildman–Crippen MR) is 161 cm³/mol. The summed E-state index contributed by atoms with van der Waals surface area (Å²) in [5.74, 6) is 5.34. The van der Waals surface area contributed by atoms with E-state index in [-0.39, 0.29) is 12.1 Å². The zero-order valence-electron chi connectivity index (χ0n) is 26.2. The second-order valence-corrected chi connectivity index (χ2v) is 15.2. The van der Waals surface area contributed by atoms with E-state index in [1.165, 1.54) is 89.9 Å². The van der Waals surface area contributed by atoms with E-state index in [9.17, 15) is 4.79 Å². The molecule has 0 bridgehead atoms. The summed E-state index contributed by atoms with van der Waals surface area (Å²) in [5, 5.41) is 0. The number of carbonyl (C=O) groups is 1. The Bertz CT molecular complexity index is 797. The molecule has 8 atom stereocenters. The average molecular weight is 527 g/mol. The standard InChI is InChI=1S/C36H62O2/c1-7-8-9-10-11-12-16-34(37)38-29-21-23-35(5)28(25-29)17-18-30-32-20-19-31(27(4)15-13-14-26(2)3)36(32,6)24-22-33(30)35/h17,26-27,29-33H,7-16,18-25H2,1-6H3/t27-,29+,30+,31-,32+,33+,35?,36-/m1/s1. The molecule has 3 fully saturated rings. The molecule has 0 aromatic heterocycles. The zero-order chi connectivity index (χ0) is 27.3. The van der Waals surface area contributed by atoms with E-state index in [0.29, 0.717) is 17.3 Å². The number of allylic oxidation sites excluding steroid dienone is 1. The summed E-state index contributed by atoms with van der Waals surface area (Å²) < 4.78 is 6.04. The van der Waals surface area contributed by atoms with Gasteiger partial charge >= 0.3 is 5.97 Å². The predicted octanol–water partition coefficient (Wildman–Crippen LogP) is 10.7. The summed E-state index contributed by atoms with van der Waals surface area (Å²) in [4.78, 5) is 12.6. The van der Waals surface area contributed by atoms with Crippen molar-refractivity contribution >= 4 is 5.97 Å². The summed E-state index contributed by atoms with van der Waals surface area (Å²) in [7, 11) is 0. The second-order valence-electron chi connectivity index (χ2n) is 15.2. The van der Waals surface area contributed by atoms with Gasteiger partial charge in [-0.3, -0.25) is 4.79 Å². The van der Waals surface area contributed by atoms with Crippen LogP contribution >= 0.6 is 0 Å². The molecule has 0 N–H and O–H groups in total. The molecule has 0 heterocycles. The number of hydrogen-bond donors (Lipinski definition) is 0. The first-order valence-electron chi connectivity index (χ1n) is 17.1. The maximum Gasteiger partial charge on any atom is 0.306 e.